The molecule has 0 heterocycles. The van der Waals surface area contributed by atoms with E-state index in [0.29, 0.717) is 6.42 Å². The summed E-state index contributed by atoms with van der Waals surface area (Å²) < 4.78 is 30.1. The average molecular weight is 251 g/mol. The molecule has 0 radical (unpaired) electrons. The van der Waals surface area contributed by atoms with Gasteiger partial charge in [-0.2, -0.15) is 0 Å². The molecule has 0 N–H and O–H groups in total. The van der Waals surface area contributed by atoms with Gasteiger partial charge in [-0.3, -0.25) is 0 Å². The summed E-state index contributed by atoms with van der Waals surface area (Å²) in [5, 5.41) is 0. The van der Waals surface area contributed by atoms with Crippen LogP contribution in [0.25, 0.3) is 0 Å². The van der Waals surface area contributed by atoms with Crippen molar-refractivity contribution >= 4 is 10.1 Å². The Morgan fingerprint density at radius 1 is 1.18 bits per heavy atom. The van der Waals surface area contributed by atoms with Crippen LogP contribution in [-0.2, 0) is 10.1 Å². The van der Waals surface area contributed by atoms with Crippen LogP contribution in [0.1, 0.15) is 32.6 Å². The normalized spacial score (nSPS) is 10.7. The van der Waals surface area contributed by atoms with E-state index in [1.165, 1.54) is 0 Å². The minimum Gasteiger partial charge on any atom is -0.748 e. The molecule has 0 rings (SSSR count). The number of rotatable bonds is 5. The number of unbranched alkanes of at least 4 members (excludes halogenated alkanes) is 3. The van der Waals surface area contributed by atoms with E-state index in [1.54, 1.807) is 0 Å². The predicted octanol–water partition coefficient (Wildman–Crippen LogP) is -1.88. The minimum atomic E-state index is -3.95. The van der Waals surface area contributed by atoms with E-state index in [-0.39, 0.29) is 63.9 Å². The molecule has 0 fully saturated rings. The van der Waals surface area contributed by atoms with Crippen LogP contribution >= 0.6 is 0 Å². The maximum atomic E-state index is 10.0. The molecule has 0 unspecified atom stereocenters. The van der Waals surface area contributed by atoms with Gasteiger partial charge in [-0.15, -0.1) is 0 Å². The van der Waals surface area contributed by atoms with E-state index in [0.717, 1.165) is 19.3 Å². The van der Waals surface area contributed by atoms with Gasteiger partial charge in [0.2, 0.25) is 0 Å². The maximum Gasteiger partial charge on any atom is 1.00 e. The van der Waals surface area contributed by atoms with E-state index >= 15 is 0 Å². The number of hydrogen-bond acceptors (Lipinski definition) is 3. The van der Waals surface area contributed by atoms with Crippen LogP contribution < -0.4 is 58.2 Å². The fraction of sp³-hybridized carbons (Fsp3) is 1.00. The Balaban J connectivity index is 0. The first-order valence-electron chi connectivity index (χ1n) is 3.50. The Morgan fingerprint density at radius 3 is 2.09 bits per heavy atom. The second kappa shape index (κ2) is 8.32. The van der Waals surface area contributed by atoms with Crippen molar-refractivity contribution < 1.29 is 71.2 Å². The van der Waals surface area contributed by atoms with Crippen molar-refractivity contribution in [2.75, 3.05) is 5.75 Å². The van der Waals surface area contributed by atoms with Crippen molar-refractivity contribution in [3.63, 3.8) is 0 Å². The van der Waals surface area contributed by atoms with Crippen molar-refractivity contribution in [3.05, 3.63) is 0 Å². The molecular weight excluding hydrogens is 238 g/mol. The van der Waals surface area contributed by atoms with E-state index in [1.807, 2.05) is 6.92 Å². The average Bonchev–Trinajstić information content (AvgIpc) is 1.78. The molecule has 5 heteroatoms. The maximum absolute atomic E-state index is 10.0. The topological polar surface area (TPSA) is 57.2 Å². The Kier molecular flexibility index (Phi) is 11.5. The monoisotopic (exact) mass is 250 g/mol. The summed E-state index contributed by atoms with van der Waals surface area (Å²) in [6.45, 7) is 2.03. The molecule has 0 aromatic rings. The molecule has 0 spiro atoms. The molecule has 0 saturated carbocycles. The summed E-state index contributed by atoms with van der Waals surface area (Å²) in [6, 6.07) is 0. The molecule has 11 heavy (non-hydrogen) atoms. The number of hydrogen-bond donors (Lipinski definition) is 0. The fourth-order valence-corrected chi connectivity index (χ4v) is 1.26. The molecular formula is C6H13O3RbS. The summed E-state index contributed by atoms with van der Waals surface area (Å²) in [6.07, 6.45) is 3.42. The van der Waals surface area contributed by atoms with E-state index in [4.69, 9.17) is 0 Å². The fourth-order valence-electron chi connectivity index (χ4n) is 0.706. The van der Waals surface area contributed by atoms with Crippen molar-refractivity contribution in [1.29, 1.82) is 0 Å². The first kappa shape index (κ1) is 15.2. The second-order valence-electron chi connectivity index (χ2n) is 2.32. The van der Waals surface area contributed by atoms with Gasteiger partial charge in [-0.25, -0.2) is 8.42 Å². The smallest absolute Gasteiger partial charge is 0.748 e. The van der Waals surface area contributed by atoms with Gasteiger partial charge >= 0.3 is 58.2 Å². The summed E-state index contributed by atoms with van der Waals surface area (Å²) in [5.41, 5.74) is 0. The first-order chi connectivity index (χ1) is 4.56. The van der Waals surface area contributed by atoms with Crippen LogP contribution in [0, 0.1) is 0 Å². The molecule has 0 bridgehead atoms. The van der Waals surface area contributed by atoms with Gasteiger partial charge in [0.25, 0.3) is 0 Å². The summed E-state index contributed by atoms with van der Waals surface area (Å²) in [5.74, 6) is -0.201. The van der Waals surface area contributed by atoms with Crippen molar-refractivity contribution in [2.24, 2.45) is 0 Å². The third kappa shape index (κ3) is 14.6. The second-order valence-corrected chi connectivity index (χ2v) is 3.85. The quantitative estimate of drug-likeness (QED) is 0.424. The van der Waals surface area contributed by atoms with Gasteiger partial charge in [-0.1, -0.05) is 26.2 Å². The van der Waals surface area contributed by atoms with Crippen LogP contribution in [-0.4, -0.2) is 18.7 Å². The Hall–Kier alpha value is 1.72. The van der Waals surface area contributed by atoms with Crippen LogP contribution in [0.4, 0.5) is 0 Å². The zero-order chi connectivity index (χ0) is 8.04. The van der Waals surface area contributed by atoms with Gasteiger partial charge in [-0.05, 0) is 6.42 Å². The predicted molar refractivity (Wildman–Crippen MR) is 38.7 cm³/mol. The zero-order valence-electron chi connectivity index (χ0n) is 7.17. The summed E-state index contributed by atoms with van der Waals surface area (Å²) in [4.78, 5) is 0. The molecule has 3 nitrogen and oxygen atoms in total. The van der Waals surface area contributed by atoms with Crippen LogP contribution in [0.2, 0.25) is 0 Å². The summed E-state index contributed by atoms with van der Waals surface area (Å²) >= 11 is 0. The van der Waals surface area contributed by atoms with Crippen LogP contribution in [0.5, 0.6) is 0 Å². The molecule has 0 amide bonds. The van der Waals surface area contributed by atoms with Crippen molar-refractivity contribution in [1.82, 2.24) is 0 Å². The third-order valence-electron chi connectivity index (χ3n) is 1.25. The largest absolute Gasteiger partial charge is 1.00 e. The molecule has 0 aliphatic heterocycles. The first-order valence-corrected chi connectivity index (χ1v) is 5.07. The molecule has 0 saturated heterocycles. The van der Waals surface area contributed by atoms with Gasteiger partial charge in [0.15, 0.2) is 0 Å². The molecule has 0 atom stereocenters. The van der Waals surface area contributed by atoms with Gasteiger partial charge in [0.1, 0.15) is 0 Å². The molecule has 0 aliphatic rings. The molecule has 0 aromatic carbocycles. The van der Waals surface area contributed by atoms with Crippen molar-refractivity contribution in [3.8, 4) is 0 Å². The van der Waals surface area contributed by atoms with E-state index < -0.39 is 10.1 Å². The van der Waals surface area contributed by atoms with E-state index in [2.05, 4.69) is 0 Å². The van der Waals surface area contributed by atoms with Gasteiger partial charge < -0.3 is 4.55 Å². The molecule has 62 valence electrons. The van der Waals surface area contributed by atoms with Crippen molar-refractivity contribution in [2.45, 2.75) is 32.6 Å². The van der Waals surface area contributed by atoms with Gasteiger partial charge in [0.05, 0.1) is 10.1 Å². The van der Waals surface area contributed by atoms with Crippen LogP contribution in [0.3, 0.4) is 0 Å². The Bertz CT molecular complexity index is 165. The SMILES string of the molecule is CCCCCCS(=O)(=O)[O-].[Rb+]. The van der Waals surface area contributed by atoms with Crippen LogP contribution in [0.15, 0.2) is 0 Å². The molecule has 0 aromatic heterocycles. The minimum absolute atomic E-state index is 0. The standard InChI is InChI=1S/C6H14O3S.Rb/c1-2-3-4-5-6-10(7,8)9;/h2-6H2,1H3,(H,7,8,9);/q;+1/p-1. The Labute approximate surface area is 117 Å². The summed E-state index contributed by atoms with van der Waals surface area (Å²) in [7, 11) is -3.95. The third-order valence-corrected chi connectivity index (χ3v) is 2.04. The van der Waals surface area contributed by atoms with E-state index in [9.17, 15) is 13.0 Å². The zero-order valence-corrected chi connectivity index (χ0v) is 12.9. The van der Waals surface area contributed by atoms with Gasteiger partial charge in [0, 0.05) is 5.75 Å². The Morgan fingerprint density at radius 2 is 1.73 bits per heavy atom. The molecule has 0 aliphatic carbocycles.